The summed E-state index contributed by atoms with van der Waals surface area (Å²) >= 11 is 11.8. The molecule has 236 valence electrons. The summed E-state index contributed by atoms with van der Waals surface area (Å²) in [5.74, 6) is -1.59. The van der Waals surface area contributed by atoms with E-state index in [1.165, 1.54) is 79.0 Å². The molecule has 15 nitrogen and oxygen atoms in total. The molecule has 47 heavy (non-hydrogen) atoms. The summed E-state index contributed by atoms with van der Waals surface area (Å²) in [6.07, 6.45) is 5.15. The van der Waals surface area contributed by atoms with Crippen LogP contribution < -0.4 is 15.2 Å². The third-order valence-corrected chi connectivity index (χ3v) is 6.79. The standard InChI is InChI=1S/C14H10ClFN6O2.C14H8ClFN6O/c1-24-11-4-8(18-6-19-11)12-10(3-2-7(15)13(12)16)22-5-9(14(17)23)20-21-22;1-23-12-4-10(18-7-19-12)13-11(3-2-9(15)14(13)16)22-6-8(5-17)20-21-22/h2-6H,1H3,(H2,17,23);2-4,6-7H,1H3. The third kappa shape index (κ3) is 6.78. The van der Waals surface area contributed by atoms with E-state index in [-0.39, 0.29) is 61.4 Å². The summed E-state index contributed by atoms with van der Waals surface area (Å²) < 4.78 is 41.8. The van der Waals surface area contributed by atoms with Gasteiger partial charge in [0.1, 0.15) is 18.7 Å². The number of hydrogen-bond donors (Lipinski definition) is 1. The maximum atomic E-state index is 14.6. The second-order valence-corrected chi connectivity index (χ2v) is 9.79. The third-order valence-electron chi connectivity index (χ3n) is 6.21. The van der Waals surface area contributed by atoms with Crippen LogP contribution >= 0.6 is 23.2 Å². The summed E-state index contributed by atoms with van der Waals surface area (Å²) in [6, 6.07) is 10.6. The normalized spacial score (nSPS) is 10.5. The molecular formula is C28H18Cl2F2N12O3. The van der Waals surface area contributed by atoms with E-state index in [1.807, 2.05) is 6.07 Å². The number of carbonyl (C=O) groups excluding carboxylic acids is 1. The number of benzene rings is 2. The maximum Gasteiger partial charge on any atom is 0.270 e. The zero-order valence-electron chi connectivity index (χ0n) is 24.0. The second kappa shape index (κ2) is 13.9. The van der Waals surface area contributed by atoms with Gasteiger partial charge in [0.25, 0.3) is 5.91 Å². The van der Waals surface area contributed by atoms with Gasteiger partial charge < -0.3 is 15.2 Å². The van der Waals surface area contributed by atoms with E-state index in [4.69, 9.17) is 43.7 Å². The van der Waals surface area contributed by atoms with Crippen LogP contribution in [0.25, 0.3) is 33.9 Å². The van der Waals surface area contributed by atoms with Crippen molar-refractivity contribution in [2.24, 2.45) is 5.73 Å². The second-order valence-electron chi connectivity index (χ2n) is 8.97. The maximum absolute atomic E-state index is 14.6. The molecule has 4 aromatic heterocycles. The molecule has 0 unspecified atom stereocenters. The first-order valence-corrected chi connectivity index (χ1v) is 13.6. The quantitative estimate of drug-likeness (QED) is 0.255. The van der Waals surface area contributed by atoms with Gasteiger partial charge in [-0.2, -0.15) is 5.26 Å². The molecule has 0 fully saturated rings. The topological polar surface area (TPSA) is 198 Å². The summed E-state index contributed by atoms with van der Waals surface area (Å²) in [4.78, 5) is 27.0. The van der Waals surface area contributed by atoms with Crippen LogP contribution in [0.5, 0.6) is 11.8 Å². The Bertz CT molecular complexity index is 2150. The van der Waals surface area contributed by atoms with Crippen molar-refractivity contribution in [2.75, 3.05) is 14.2 Å². The number of hydrogen-bond acceptors (Lipinski definition) is 12. The van der Waals surface area contributed by atoms with Crippen molar-refractivity contribution in [3.8, 4) is 51.7 Å². The molecule has 1 amide bonds. The number of methoxy groups -OCH3 is 2. The average Bonchev–Trinajstić information content (AvgIpc) is 3.78. The van der Waals surface area contributed by atoms with Gasteiger partial charge in [0.15, 0.2) is 23.0 Å². The van der Waals surface area contributed by atoms with Crippen LogP contribution in [0.15, 0.2) is 61.4 Å². The molecule has 19 heteroatoms. The van der Waals surface area contributed by atoms with E-state index >= 15 is 0 Å². The fourth-order valence-electron chi connectivity index (χ4n) is 4.05. The lowest BCUT2D eigenvalue weighted by Gasteiger charge is -2.11. The molecule has 0 aliphatic carbocycles. The van der Waals surface area contributed by atoms with Gasteiger partial charge in [-0.1, -0.05) is 33.6 Å². The Morgan fingerprint density at radius 2 is 1.30 bits per heavy atom. The van der Waals surface area contributed by atoms with Crippen molar-refractivity contribution in [3.63, 3.8) is 0 Å². The summed E-state index contributed by atoms with van der Waals surface area (Å²) in [5, 5.41) is 23.6. The lowest BCUT2D eigenvalue weighted by atomic mass is 10.1. The van der Waals surface area contributed by atoms with Gasteiger partial charge in [0.2, 0.25) is 11.8 Å². The van der Waals surface area contributed by atoms with Gasteiger partial charge in [-0.3, -0.25) is 4.79 Å². The number of halogens is 4. The molecule has 0 saturated carbocycles. The zero-order chi connectivity index (χ0) is 33.7. The van der Waals surface area contributed by atoms with E-state index in [0.29, 0.717) is 5.69 Å². The number of rotatable bonds is 7. The van der Waals surface area contributed by atoms with E-state index in [9.17, 15) is 13.6 Å². The predicted molar refractivity (Wildman–Crippen MR) is 161 cm³/mol. The van der Waals surface area contributed by atoms with Crippen LogP contribution in [-0.2, 0) is 0 Å². The summed E-state index contributed by atoms with van der Waals surface area (Å²) in [5.41, 5.74) is 6.47. The van der Waals surface area contributed by atoms with E-state index in [0.717, 1.165) is 0 Å². The predicted octanol–water partition coefficient (Wildman–Crippen LogP) is 4.02. The van der Waals surface area contributed by atoms with Gasteiger partial charge >= 0.3 is 0 Å². The number of primary amides is 1. The van der Waals surface area contributed by atoms with Crippen molar-refractivity contribution in [2.45, 2.75) is 0 Å². The molecule has 0 aliphatic heterocycles. The Kier molecular flexibility index (Phi) is 9.54. The Morgan fingerprint density at radius 3 is 1.72 bits per heavy atom. The van der Waals surface area contributed by atoms with Crippen LogP contribution in [0.3, 0.4) is 0 Å². The molecule has 6 aromatic rings. The smallest absolute Gasteiger partial charge is 0.270 e. The molecule has 0 spiro atoms. The van der Waals surface area contributed by atoms with E-state index < -0.39 is 17.5 Å². The van der Waals surface area contributed by atoms with Crippen molar-refractivity contribution in [1.29, 1.82) is 5.26 Å². The number of nitriles is 1. The number of amides is 1. The van der Waals surface area contributed by atoms with Crippen molar-refractivity contribution in [1.82, 2.24) is 49.9 Å². The number of ether oxygens (including phenoxy) is 2. The monoisotopic (exact) mass is 678 g/mol. The van der Waals surface area contributed by atoms with Gasteiger partial charge in [-0.15, -0.1) is 10.2 Å². The minimum atomic E-state index is -0.749. The lowest BCUT2D eigenvalue weighted by molar-refractivity contribution is 0.0995. The molecule has 6 rings (SSSR count). The molecule has 0 bridgehead atoms. The van der Waals surface area contributed by atoms with Crippen LogP contribution in [-0.4, -0.2) is 70.1 Å². The largest absolute Gasteiger partial charge is 0.481 e. The van der Waals surface area contributed by atoms with Crippen LogP contribution in [0.4, 0.5) is 8.78 Å². The molecule has 0 aliphatic rings. The van der Waals surface area contributed by atoms with Crippen LogP contribution in [0, 0.1) is 23.0 Å². The van der Waals surface area contributed by atoms with Gasteiger partial charge in [-0.25, -0.2) is 38.1 Å². The number of nitrogens with zero attached hydrogens (tertiary/aromatic N) is 11. The zero-order valence-corrected chi connectivity index (χ0v) is 25.5. The van der Waals surface area contributed by atoms with Crippen molar-refractivity contribution < 1.29 is 23.0 Å². The highest BCUT2D eigenvalue weighted by atomic mass is 35.5. The Balaban J connectivity index is 0.000000185. The van der Waals surface area contributed by atoms with E-state index in [1.54, 1.807) is 6.07 Å². The fourth-order valence-corrected chi connectivity index (χ4v) is 4.37. The number of carbonyl (C=O) groups is 1. The van der Waals surface area contributed by atoms with Gasteiger partial charge in [0, 0.05) is 12.1 Å². The Morgan fingerprint density at radius 1 is 0.809 bits per heavy atom. The van der Waals surface area contributed by atoms with Gasteiger partial charge in [0.05, 0.1) is 70.5 Å². The highest BCUT2D eigenvalue weighted by Crippen LogP contribution is 2.34. The summed E-state index contributed by atoms with van der Waals surface area (Å²) in [7, 11) is 2.87. The summed E-state index contributed by atoms with van der Waals surface area (Å²) in [6.45, 7) is 0. The SMILES string of the molecule is COc1cc(-c2c(-n3cc(C#N)nn3)ccc(Cl)c2F)ncn1.COc1cc(-c2c(-n3cc(C(N)=O)nn3)ccc(Cl)c2F)ncn1. The molecule has 2 aromatic carbocycles. The molecular weight excluding hydrogens is 661 g/mol. The molecule has 0 atom stereocenters. The highest BCUT2D eigenvalue weighted by molar-refractivity contribution is 6.31. The molecule has 4 heterocycles. The Labute approximate surface area is 273 Å². The number of aromatic nitrogens is 10. The molecule has 0 radical (unpaired) electrons. The first kappa shape index (κ1) is 32.3. The first-order chi connectivity index (χ1) is 22.6. The van der Waals surface area contributed by atoms with Crippen LogP contribution in [0.2, 0.25) is 10.0 Å². The van der Waals surface area contributed by atoms with E-state index in [2.05, 4.69) is 40.6 Å². The van der Waals surface area contributed by atoms with Crippen LogP contribution in [0.1, 0.15) is 16.2 Å². The number of nitrogens with two attached hydrogens (primary N) is 1. The minimum Gasteiger partial charge on any atom is -0.481 e. The molecule has 2 N–H and O–H groups in total. The van der Waals surface area contributed by atoms with Crippen molar-refractivity contribution in [3.05, 3.63) is 94.5 Å². The van der Waals surface area contributed by atoms with Gasteiger partial charge in [-0.05, 0) is 24.3 Å². The average molecular weight is 679 g/mol. The highest BCUT2D eigenvalue weighted by Gasteiger charge is 2.21. The Hall–Kier alpha value is -6.12. The molecule has 0 saturated heterocycles. The fraction of sp³-hybridized carbons (Fsp3) is 0.0714. The lowest BCUT2D eigenvalue weighted by Crippen LogP contribution is -2.11. The minimum absolute atomic E-state index is 0.0587. The first-order valence-electron chi connectivity index (χ1n) is 12.9. The van der Waals surface area contributed by atoms with Crippen molar-refractivity contribution >= 4 is 29.1 Å².